The van der Waals surface area contributed by atoms with Gasteiger partial charge in [0, 0.05) is 6.20 Å². The van der Waals surface area contributed by atoms with Crippen LogP contribution in [-0.4, -0.2) is 30.6 Å². The van der Waals surface area contributed by atoms with Crippen molar-refractivity contribution in [3.8, 4) is 0 Å². The molecule has 14 heavy (non-hydrogen) atoms. The first-order valence-corrected chi connectivity index (χ1v) is 3.95. The van der Waals surface area contributed by atoms with E-state index in [9.17, 15) is 0 Å². The minimum absolute atomic E-state index is 0.166. The Balaban J connectivity index is 2.75. The molecule has 0 fully saturated rings. The molecule has 8 heteroatoms. The second-order valence-electron chi connectivity index (χ2n) is 2.42. The zero-order valence-electron chi connectivity index (χ0n) is 6.79. The highest BCUT2D eigenvalue weighted by Crippen LogP contribution is 2.15. The van der Waals surface area contributed by atoms with Gasteiger partial charge in [-0.1, -0.05) is 16.8 Å². The maximum atomic E-state index is 8.46. The first-order valence-electron chi connectivity index (χ1n) is 3.57. The van der Waals surface area contributed by atoms with Gasteiger partial charge in [0.15, 0.2) is 5.84 Å². The number of rotatable bonds is 1. The molecule has 0 atom stereocenters. The SMILES string of the molecule is N/C(=N/O)c1nc2nnccn2c1Cl. The Morgan fingerprint density at radius 2 is 2.43 bits per heavy atom. The Hall–Kier alpha value is -1.89. The number of hydrogen-bond donors (Lipinski definition) is 2. The third-order valence-corrected chi connectivity index (χ3v) is 1.98. The van der Waals surface area contributed by atoms with Gasteiger partial charge in [-0.3, -0.25) is 4.40 Å². The van der Waals surface area contributed by atoms with E-state index in [-0.39, 0.29) is 16.7 Å². The fourth-order valence-electron chi connectivity index (χ4n) is 0.996. The van der Waals surface area contributed by atoms with Crippen LogP contribution in [-0.2, 0) is 0 Å². The molecule has 2 heterocycles. The van der Waals surface area contributed by atoms with E-state index >= 15 is 0 Å². The predicted molar refractivity (Wildman–Crippen MR) is 48.3 cm³/mol. The van der Waals surface area contributed by atoms with E-state index in [1.165, 1.54) is 10.6 Å². The van der Waals surface area contributed by atoms with Crippen molar-refractivity contribution in [2.75, 3.05) is 0 Å². The van der Waals surface area contributed by atoms with E-state index in [1.807, 2.05) is 0 Å². The lowest BCUT2D eigenvalue weighted by molar-refractivity contribution is 0.318. The quantitative estimate of drug-likeness (QED) is 0.297. The highest BCUT2D eigenvalue weighted by molar-refractivity contribution is 6.33. The molecule has 0 spiro atoms. The summed E-state index contributed by atoms with van der Waals surface area (Å²) in [4.78, 5) is 3.92. The third kappa shape index (κ3) is 1.14. The lowest BCUT2D eigenvalue weighted by Crippen LogP contribution is -2.14. The number of aromatic nitrogens is 4. The maximum absolute atomic E-state index is 8.46. The van der Waals surface area contributed by atoms with Crippen LogP contribution < -0.4 is 5.73 Å². The molecule has 0 unspecified atom stereocenters. The van der Waals surface area contributed by atoms with Crippen LogP contribution in [0.25, 0.3) is 5.78 Å². The van der Waals surface area contributed by atoms with Gasteiger partial charge < -0.3 is 10.9 Å². The molecule has 0 radical (unpaired) electrons. The number of amidine groups is 1. The smallest absolute Gasteiger partial charge is 0.255 e. The lowest BCUT2D eigenvalue weighted by Gasteiger charge is -1.92. The van der Waals surface area contributed by atoms with E-state index in [0.29, 0.717) is 5.78 Å². The van der Waals surface area contributed by atoms with Crippen LogP contribution in [0.5, 0.6) is 0 Å². The van der Waals surface area contributed by atoms with Gasteiger partial charge in [0.1, 0.15) is 10.8 Å². The second-order valence-corrected chi connectivity index (χ2v) is 2.78. The Kier molecular flexibility index (Phi) is 1.93. The molecule has 0 aliphatic carbocycles. The summed E-state index contributed by atoms with van der Waals surface area (Å²) in [6.07, 6.45) is 3.03. The van der Waals surface area contributed by atoms with Gasteiger partial charge in [0.05, 0.1) is 6.20 Å². The number of hydrogen-bond acceptors (Lipinski definition) is 5. The summed E-state index contributed by atoms with van der Waals surface area (Å²) < 4.78 is 1.47. The first kappa shape index (κ1) is 8.70. The van der Waals surface area contributed by atoms with Gasteiger partial charge in [-0.05, 0) is 0 Å². The Morgan fingerprint density at radius 3 is 3.07 bits per heavy atom. The van der Waals surface area contributed by atoms with Gasteiger partial charge in [0.2, 0.25) is 0 Å². The van der Waals surface area contributed by atoms with Gasteiger partial charge in [-0.25, -0.2) is 4.98 Å². The van der Waals surface area contributed by atoms with Crippen LogP contribution in [0.15, 0.2) is 17.5 Å². The zero-order valence-corrected chi connectivity index (χ0v) is 7.55. The molecule has 0 aliphatic rings. The van der Waals surface area contributed by atoms with Crippen LogP contribution in [0.1, 0.15) is 5.69 Å². The van der Waals surface area contributed by atoms with Gasteiger partial charge >= 0.3 is 0 Å². The standard InChI is InChI=1S/C6H5ClN6O/c7-4-3(5(8)12-14)10-6-11-9-1-2-13(4)6/h1-2,14H,(H2,8,12). The van der Waals surface area contributed by atoms with E-state index in [0.717, 1.165) is 0 Å². The molecule has 0 saturated carbocycles. The third-order valence-electron chi connectivity index (χ3n) is 1.61. The summed E-state index contributed by atoms with van der Waals surface area (Å²) in [5.41, 5.74) is 5.53. The monoisotopic (exact) mass is 212 g/mol. The molecule has 3 N–H and O–H groups in total. The number of fused-ring (bicyclic) bond motifs is 1. The molecule has 2 rings (SSSR count). The molecule has 7 nitrogen and oxygen atoms in total. The summed E-state index contributed by atoms with van der Waals surface area (Å²) in [5, 5.41) is 18.8. The molecule has 2 aromatic rings. The lowest BCUT2D eigenvalue weighted by atomic mass is 10.4. The highest BCUT2D eigenvalue weighted by atomic mass is 35.5. The van der Waals surface area contributed by atoms with Crippen molar-refractivity contribution >= 4 is 23.2 Å². The van der Waals surface area contributed by atoms with Crippen molar-refractivity contribution in [3.63, 3.8) is 0 Å². The number of imidazole rings is 1. The average molecular weight is 213 g/mol. The Labute approximate surface area is 82.8 Å². The Morgan fingerprint density at radius 1 is 1.64 bits per heavy atom. The summed E-state index contributed by atoms with van der Waals surface area (Å²) in [5.74, 6) is 0.125. The van der Waals surface area contributed by atoms with Crippen LogP contribution in [0.3, 0.4) is 0 Å². The molecular weight excluding hydrogens is 208 g/mol. The maximum Gasteiger partial charge on any atom is 0.255 e. The van der Waals surface area contributed by atoms with Crippen LogP contribution in [0, 0.1) is 0 Å². The van der Waals surface area contributed by atoms with Crippen molar-refractivity contribution in [1.29, 1.82) is 0 Å². The molecule has 0 amide bonds. The van der Waals surface area contributed by atoms with E-state index in [2.05, 4.69) is 20.3 Å². The summed E-state index contributed by atoms with van der Waals surface area (Å²) >= 11 is 5.89. The summed E-state index contributed by atoms with van der Waals surface area (Å²) in [7, 11) is 0. The second kappa shape index (κ2) is 3.11. The molecule has 72 valence electrons. The molecular formula is C6H5ClN6O. The van der Waals surface area contributed by atoms with E-state index in [4.69, 9.17) is 22.5 Å². The molecule has 0 aromatic carbocycles. The van der Waals surface area contributed by atoms with Crippen LogP contribution in [0.2, 0.25) is 5.15 Å². The molecule has 2 aromatic heterocycles. The number of nitrogens with zero attached hydrogens (tertiary/aromatic N) is 5. The fraction of sp³-hybridized carbons (Fsp3) is 0. The van der Waals surface area contributed by atoms with Crippen molar-refractivity contribution in [3.05, 3.63) is 23.2 Å². The van der Waals surface area contributed by atoms with Crippen LogP contribution >= 0.6 is 11.6 Å². The van der Waals surface area contributed by atoms with E-state index < -0.39 is 0 Å². The molecule has 0 saturated heterocycles. The zero-order chi connectivity index (χ0) is 10.1. The first-order chi connectivity index (χ1) is 6.74. The van der Waals surface area contributed by atoms with E-state index in [1.54, 1.807) is 6.20 Å². The minimum atomic E-state index is -0.166. The average Bonchev–Trinajstić information content (AvgIpc) is 2.56. The predicted octanol–water partition coefficient (Wildman–Crippen LogP) is -0.128. The van der Waals surface area contributed by atoms with Gasteiger partial charge in [0.25, 0.3) is 5.78 Å². The number of nitrogens with two attached hydrogens (primary N) is 1. The fourth-order valence-corrected chi connectivity index (χ4v) is 1.27. The van der Waals surface area contributed by atoms with Crippen molar-refractivity contribution in [2.45, 2.75) is 0 Å². The van der Waals surface area contributed by atoms with Crippen molar-refractivity contribution < 1.29 is 5.21 Å². The number of oxime groups is 1. The normalized spacial score (nSPS) is 12.2. The van der Waals surface area contributed by atoms with Crippen molar-refractivity contribution in [1.82, 2.24) is 19.6 Å². The Bertz CT molecular complexity index is 506. The summed E-state index contributed by atoms with van der Waals surface area (Å²) in [6.45, 7) is 0. The van der Waals surface area contributed by atoms with Gasteiger partial charge in [-0.2, -0.15) is 5.10 Å². The number of halogens is 1. The summed E-state index contributed by atoms with van der Waals surface area (Å²) in [6, 6.07) is 0. The topological polar surface area (TPSA) is 102 Å². The molecule has 0 aliphatic heterocycles. The van der Waals surface area contributed by atoms with Crippen LogP contribution in [0.4, 0.5) is 0 Å². The molecule has 0 bridgehead atoms. The minimum Gasteiger partial charge on any atom is -0.409 e. The largest absolute Gasteiger partial charge is 0.409 e. The van der Waals surface area contributed by atoms with Crippen molar-refractivity contribution in [2.24, 2.45) is 10.9 Å². The van der Waals surface area contributed by atoms with Gasteiger partial charge in [-0.15, -0.1) is 5.10 Å². The highest BCUT2D eigenvalue weighted by Gasteiger charge is 2.14.